The molecule has 0 amide bonds. The first kappa shape index (κ1) is 21.5. The van der Waals surface area contributed by atoms with Crippen LogP contribution in [0.5, 0.6) is 5.75 Å². The van der Waals surface area contributed by atoms with E-state index in [9.17, 15) is 8.42 Å². The van der Waals surface area contributed by atoms with Crippen LogP contribution in [0.3, 0.4) is 0 Å². The maximum absolute atomic E-state index is 12.0. The van der Waals surface area contributed by atoms with Gasteiger partial charge in [-0.15, -0.1) is 0 Å². The van der Waals surface area contributed by atoms with Crippen LogP contribution in [-0.4, -0.2) is 50.9 Å². The Morgan fingerprint density at radius 1 is 1.35 bits per heavy atom. The number of benzene rings is 1. The van der Waals surface area contributed by atoms with E-state index in [1.165, 1.54) is 0 Å². The lowest BCUT2D eigenvalue weighted by molar-refractivity contribution is 0.257. The maximum atomic E-state index is 12.0. The highest BCUT2D eigenvalue weighted by molar-refractivity contribution is 7.89. The van der Waals surface area contributed by atoms with Crippen molar-refractivity contribution in [1.29, 1.82) is 0 Å². The molecule has 2 aliphatic heterocycles. The zero-order valence-corrected chi connectivity index (χ0v) is 18.8. The number of allylic oxidation sites excluding steroid dienone is 2. The van der Waals surface area contributed by atoms with Crippen molar-refractivity contribution < 1.29 is 13.2 Å². The second-order valence-electron chi connectivity index (χ2n) is 7.60. The molecule has 1 aromatic carbocycles. The summed E-state index contributed by atoms with van der Waals surface area (Å²) < 4.78 is 32.3. The predicted octanol–water partition coefficient (Wildman–Crippen LogP) is 2.50. The van der Waals surface area contributed by atoms with Crippen LogP contribution in [0.2, 0.25) is 0 Å². The van der Waals surface area contributed by atoms with E-state index in [1.54, 1.807) is 12.4 Å². The van der Waals surface area contributed by atoms with Gasteiger partial charge in [0, 0.05) is 11.2 Å². The number of rotatable bonds is 5. The topological polar surface area (TPSA) is 95.4 Å². The number of nitrogens with one attached hydrogen (secondary N) is 2. The molecule has 0 aromatic heterocycles. The molecule has 2 unspecified atom stereocenters. The largest absolute Gasteiger partial charge is 0.438 e. The number of nitrogens with zero attached hydrogens (tertiary/aromatic N) is 3. The van der Waals surface area contributed by atoms with Crippen molar-refractivity contribution in [1.82, 2.24) is 14.9 Å². The first-order valence-corrected chi connectivity index (χ1v) is 12.2. The highest BCUT2D eigenvalue weighted by atomic mass is 35.5. The zero-order valence-electron chi connectivity index (χ0n) is 17.2. The van der Waals surface area contributed by atoms with E-state index in [0.29, 0.717) is 35.7 Å². The van der Waals surface area contributed by atoms with Crippen molar-refractivity contribution in [3.8, 4) is 5.75 Å². The van der Waals surface area contributed by atoms with Gasteiger partial charge < -0.3 is 15.0 Å². The van der Waals surface area contributed by atoms with Gasteiger partial charge in [-0.25, -0.2) is 18.4 Å². The van der Waals surface area contributed by atoms with Crippen molar-refractivity contribution in [3.63, 3.8) is 0 Å². The summed E-state index contributed by atoms with van der Waals surface area (Å²) in [7, 11) is -3.48. The molecule has 1 aliphatic carbocycles. The number of guanidine groups is 1. The SMILES string of the molecule is CC1C=C(Cl)C=CC1N1C(NS(C)(=O)=O)=NC[C@@H]1c1cccc(OC2=CNCC=N2)c1. The average molecular weight is 462 g/mol. The molecule has 10 heteroatoms. The van der Waals surface area contributed by atoms with Crippen LogP contribution < -0.4 is 14.8 Å². The van der Waals surface area contributed by atoms with Crippen LogP contribution in [0.4, 0.5) is 0 Å². The molecule has 4 rings (SSSR count). The lowest BCUT2D eigenvalue weighted by Gasteiger charge is -2.37. The first-order valence-electron chi connectivity index (χ1n) is 9.90. The summed E-state index contributed by atoms with van der Waals surface area (Å²) in [5.74, 6) is 1.52. The van der Waals surface area contributed by atoms with Gasteiger partial charge in [-0.3, -0.25) is 4.72 Å². The summed E-state index contributed by atoms with van der Waals surface area (Å²) in [4.78, 5) is 10.7. The Hall–Kier alpha value is -2.78. The Morgan fingerprint density at radius 3 is 2.90 bits per heavy atom. The van der Waals surface area contributed by atoms with Gasteiger partial charge in [0.05, 0.1) is 37.6 Å². The molecule has 0 spiro atoms. The van der Waals surface area contributed by atoms with Gasteiger partial charge in [-0.2, -0.15) is 0 Å². The third kappa shape index (κ3) is 5.11. The van der Waals surface area contributed by atoms with Gasteiger partial charge in [0.25, 0.3) is 0 Å². The van der Waals surface area contributed by atoms with E-state index < -0.39 is 10.0 Å². The van der Waals surface area contributed by atoms with E-state index in [1.807, 2.05) is 54.3 Å². The minimum atomic E-state index is -3.48. The van der Waals surface area contributed by atoms with Gasteiger partial charge in [-0.1, -0.05) is 42.8 Å². The smallest absolute Gasteiger partial charge is 0.234 e. The van der Waals surface area contributed by atoms with Gasteiger partial charge >= 0.3 is 0 Å². The molecule has 3 aliphatic rings. The number of sulfonamides is 1. The van der Waals surface area contributed by atoms with Crippen molar-refractivity contribution in [3.05, 3.63) is 65.2 Å². The van der Waals surface area contributed by atoms with Crippen molar-refractivity contribution in [2.24, 2.45) is 15.9 Å². The van der Waals surface area contributed by atoms with Gasteiger partial charge in [-0.05, 0) is 29.7 Å². The number of hydrogen-bond donors (Lipinski definition) is 2. The quantitative estimate of drug-likeness (QED) is 0.702. The van der Waals surface area contributed by atoms with Gasteiger partial charge in [0.15, 0.2) is 0 Å². The van der Waals surface area contributed by atoms with Crippen molar-refractivity contribution in [2.45, 2.75) is 19.0 Å². The second kappa shape index (κ2) is 8.76. The molecule has 2 heterocycles. The third-order valence-electron chi connectivity index (χ3n) is 5.12. The van der Waals surface area contributed by atoms with Crippen LogP contribution in [0.15, 0.2) is 69.6 Å². The van der Waals surface area contributed by atoms with Crippen molar-refractivity contribution in [2.75, 3.05) is 19.3 Å². The molecule has 31 heavy (non-hydrogen) atoms. The molecule has 1 aromatic rings. The molecule has 0 saturated heterocycles. The number of hydrogen-bond acceptors (Lipinski definition) is 7. The maximum Gasteiger partial charge on any atom is 0.234 e. The fraction of sp³-hybridized carbons (Fsp3) is 0.333. The molecular weight excluding hydrogens is 438 g/mol. The fourth-order valence-electron chi connectivity index (χ4n) is 3.81. The normalized spacial score (nSPS) is 25.5. The Labute approximate surface area is 187 Å². The highest BCUT2D eigenvalue weighted by Crippen LogP contribution is 2.35. The highest BCUT2D eigenvalue weighted by Gasteiger charge is 2.37. The van der Waals surface area contributed by atoms with Gasteiger partial charge in [0.2, 0.25) is 21.9 Å². The first-order chi connectivity index (χ1) is 14.8. The summed E-state index contributed by atoms with van der Waals surface area (Å²) >= 11 is 6.17. The monoisotopic (exact) mass is 461 g/mol. The molecule has 8 nitrogen and oxygen atoms in total. The van der Waals surface area contributed by atoms with Crippen LogP contribution in [0.1, 0.15) is 18.5 Å². The Morgan fingerprint density at radius 2 is 2.19 bits per heavy atom. The molecule has 0 radical (unpaired) electrons. The molecule has 3 atom stereocenters. The van der Waals surface area contributed by atoms with Crippen LogP contribution in [0, 0.1) is 5.92 Å². The molecule has 0 bridgehead atoms. The Bertz CT molecular complexity index is 1110. The molecule has 2 N–H and O–H groups in total. The van der Waals surface area contributed by atoms with Crippen molar-refractivity contribution >= 4 is 33.8 Å². The third-order valence-corrected chi connectivity index (χ3v) is 5.93. The standard InChI is InChI=1S/C21H24ClN5O3S/c1-14-10-16(22)6-7-18(14)27-19(12-25-21(27)26-31(2,28)29)15-4-3-5-17(11-15)30-20-13-23-8-9-24-20/h3-7,9-11,13-14,18-19,23H,8,12H2,1-2H3,(H,25,26)/t14?,18?,19-/m1/s1. The van der Waals surface area contributed by atoms with E-state index in [4.69, 9.17) is 16.3 Å². The van der Waals surface area contributed by atoms with E-state index in [0.717, 1.165) is 11.8 Å². The summed E-state index contributed by atoms with van der Waals surface area (Å²) in [5, 5.41) is 3.72. The minimum Gasteiger partial charge on any atom is -0.438 e. The number of halogens is 1. The lowest BCUT2D eigenvalue weighted by Crippen LogP contribution is -2.49. The van der Waals surface area contributed by atoms with Gasteiger partial charge in [0.1, 0.15) is 5.75 Å². The van der Waals surface area contributed by atoms with Crippen LogP contribution in [-0.2, 0) is 10.0 Å². The molecule has 164 valence electrons. The number of ether oxygens (including phenoxy) is 1. The predicted molar refractivity (Wildman–Crippen MR) is 123 cm³/mol. The fourth-order valence-corrected chi connectivity index (χ4v) is 4.58. The Balaban J connectivity index is 1.63. The van der Waals surface area contributed by atoms with E-state index in [2.05, 4.69) is 20.0 Å². The van der Waals surface area contributed by atoms with Crippen LogP contribution in [0.25, 0.3) is 0 Å². The Kier molecular flexibility index (Phi) is 6.06. The minimum absolute atomic E-state index is 0.0666. The molecule has 0 fully saturated rings. The summed E-state index contributed by atoms with van der Waals surface area (Å²) in [6.07, 6.45) is 10.4. The number of aliphatic imine (C=N–C) groups is 2. The lowest BCUT2D eigenvalue weighted by atomic mass is 9.93. The van der Waals surface area contributed by atoms with E-state index >= 15 is 0 Å². The molecular formula is C21H24ClN5O3S. The summed E-state index contributed by atoms with van der Waals surface area (Å²) in [6, 6.07) is 7.40. The zero-order chi connectivity index (χ0) is 22.0. The van der Waals surface area contributed by atoms with E-state index in [-0.39, 0.29) is 18.0 Å². The summed E-state index contributed by atoms with van der Waals surface area (Å²) in [5.41, 5.74) is 0.959. The average Bonchev–Trinajstić information content (AvgIpc) is 3.10. The summed E-state index contributed by atoms with van der Waals surface area (Å²) in [6.45, 7) is 3.13. The van der Waals surface area contributed by atoms with Crippen LogP contribution >= 0.6 is 11.6 Å². The molecule has 0 saturated carbocycles. The second-order valence-corrected chi connectivity index (χ2v) is 9.78.